The second-order valence-corrected chi connectivity index (χ2v) is 6.25. The lowest BCUT2D eigenvalue weighted by atomic mass is 10.1. The van der Waals surface area contributed by atoms with Gasteiger partial charge in [0.2, 0.25) is 0 Å². The van der Waals surface area contributed by atoms with E-state index in [0.29, 0.717) is 0 Å². The van der Waals surface area contributed by atoms with Crippen LogP contribution >= 0.6 is 0 Å². The second-order valence-electron chi connectivity index (χ2n) is 6.25. The Bertz CT molecular complexity index is 560. The van der Waals surface area contributed by atoms with Gasteiger partial charge in [-0.2, -0.15) is 0 Å². The summed E-state index contributed by atoms with van der Waals surface area (Å²) in [5.41, 5.74) is 2.69. The Morgan fingerprint density at radius 2 is 0.958 bits per heavy atom. The van der Waals surface area contributed by atoms with Crippen LogP contribution in [0, 0.1) is 0 Å². The average molecular weight is 326 g/mol. The maximum Gasteiger partial charge on any atom is 0.118 e. The van der Waals surface area contributed by atoms with Gasteiger partial charge in [0.1, 0.15) is 11.5 Å². The first kappa shape index (κ1) is 16.8. The van der Waals surface area contributed by atoms with Gasteiger partial charge in [-0.1, -0.05) is 24.3 Å². The Hall–Kier alpha value is -2.04. The highest BCUT2D eigenvalue weighted by atomic mass is 16.5. The van der Waals surface area contributed by atoms with E-state index in [1.165, 1.54) is 11.1 Å². The van der Waals surface area contributed by atoms with Crippen LogP contribution in [0.15, 0.2) is 48.5 Å². The number of nitrogens with zero attached hydrogens (tertiary/aromatic N) is 2. The van der Waals surface area contributed by atoms with E-state index in [2.05, 4.69) is 34.1 Å². The van der Waals surface area contributed by atoms with Gasteiger partial charge in [-0.05, 0) is 35.4 Å². The minimum atomic E-state index is 0.920. The minimum Gasteiger partial charge on any atom is -0.497 e. The molecule has 1 saturated heterocycles. The molecule has 24 heavy (non-hydrogen) atoms. The van der Waals surface area contributed by atoms with E-state index < -0.39 is 0 Å². The van der Waals surface area contributed by atoms with Crippen LogP contribution in [0.2, 0.25) is 0 Å². The van der Waals surface area contributed by atoms with Crippen LogP contribution in [0.25, 0.3) is 0 Å². The van der Waals surface area contributed by atoms with Crippen molar-refractivity contribution >= 4 is 0 Å². The molecule has 1 fully saturated rings. The fourth-order valence-electron chi connectivity index (χ4n) is 3.08. The van der Waals surface area contributed by atoms with Crippen molar-refractivity contribution in [1.82, 2.24) is 9.80 Å². The van der Waals surface area contributed by atoms with Gasteiger partial charge >= 0.3 is 0 Å². The van der Waals surface area contributed by atoms with Crippen molar-refractivity contribution in [3.8, 4) is 11.5 Å². The molecule has 0 N–H and O–H groups in total. The fraction of sp³-hybridized carbons (Fsp3) is 0.400. The summed E-state index contributed by atoms with van der Waals surface area (Å²) in [7, 11) is 3.41. The molecule has 0 radical (unpaired) electrons. The van der Waals surface area contributed by atoms with Crippen molar-refractivity contribution in [1.29, 1.82) is 0 Å². The molecule has 1 aliphatic rings. The molecule has 0 bridgehead atoms. The van der Waals surface area contributed by atoms with Gasteiger partial charge in [-0.3, -0.25) is 9.80 Å². The molecule has 1 heterocycles. The highest BCUT2D eigenvalue weighted by Gasteiger charge is 2.17. The van der Waals surface area contributed by atoms with E-state index in [4.69, 9.17) is 9.47 Å². The van der Waals surface area contributed by atoms with E-state index in [1.807, 2.05) is 24.3 Å². The third-order valence-electron chi connectivity index (χ3n) is 4.60. The van der Waals surface area contributed by atoms with E-state index in [-0.39, 0.29) is 0 Å². The minimum absolute atomic E-state index is 0.920. The summed E-state index contributed by atoms with van der Waals surface area (Å²) >= 11 is 0. The van der Waals surface area contributed by atoms with Crippen LogP contribution in [-0.2, 0) is 13.1 Å². The van der Waals surface area contributed by atoms with Crippen LogP contribution in [-0.4, -0.2) is 50.2 Å². The summed E-state index contributed by atoms with van der Waals surface area (Å²) in [6.07, 6.45) is 0. The molecule has 2 aromatic rings. The maximum absolute atomic E-state index is 5.22. The number of piperazine rings is 1. The smallest absolute Gasteiger partial charge is 0.118 e. The number of hydrogen-bond acceptors (Lipinski definition) is 4. The lowest BCUT2D eigenvalue weighted by Crippen LogP contribution is -2.45. The van der Waals surface area contributed by atoms with Gasteiger partial charge in [0, 0.05) is 39.3 Å². The van der Waals surface area contributed by atoms with E-state index >= 15 is 0 Å². The Labute approximate surface area is 144 Å². The lowest BCUT2D eigenvalue weighted by molar-refractivity contribution is 0.122. The van der Waals surface area contributed by atoms with E-state index in [9.17, 15) is 0 Å². The lowest BCUT2D eigenvalue weighted by Gasteiger charge is -2.34. The van der Waals surface area contributed by atoms with Crippen molar-refractivity contribution in [2.24, 2.45) is 0 Å². The third-order valence-corrected chi connectivity index (χ3v) is 4.60. The highest BCUT2D eigenvalue weighted by molar-refractivity contribution is 5.28. The SMILES string of the molecule is COc1ccc(CN2CCN(Cc3ccc(OC)cc3)CC2)cc1. The summed E-state index contributed by atoms with van der Waals surface area (Å²) in [5.74, 6) is 1.84. The normalized spacial score (nSPS) is 16.1. The molecule has 3 rings (SSSR count). The standard InChI is InChI=1S/C20H26N2O2/c1-23-19-7-3-17(4-8-19)15-21-11-13-22(14-12-21)16-18-5-9-20(24-2)10-6-18/h3-10H,11-16H2,1-2H3. The molecule has 2 aromatic carbocycles. The number of rotatable bonds is 6. The van der Waals surface area contributed by atoms with Crippen molar-refractivity contribution in [3.63, 3.8) is 0 Å². The fourth-order valence-corrected chi connectivity index (χ4v) is 3.08. The van der Waals surface area contributed by atoms with Crippen molar-refractivity contribution in [2.45, 2.75) is 13.1 Å². The highest BCUT2D eigenvalue weighted by Crippen LogP contribution is 2.16. The largest absolute Gasteiger partial charge is 0.497 e. The molecule has 0 amide bonds. The van der Waals surface area contributed by atoms with Gasteiger partial charge in [0.15, 0.2) is 0 Å². The zero-order chi connectivity index (χ0) is 16.8. The quantitative estimate of drug-likeness (QED) is 0.815. The number of hydrogen-bond donors (Lipinski definition) is 0. The van der Waals surface area contributed by atoms with Crippen molar-refractivity contribution in [3.05, 3.63) is 59.7 Å². The molecular formula is C20H26N2O2. The predicted octanol–water partition coefficient (Wildman–Crippen LogP) is 3.02. The molecule has 1 aliphatic heterocycles. The molecule has 0 atom stereocenters. The number of ether oxygens (including phenoxy) is 2. The molecule has 0 unspecified atom stereocenters. The summed E-state index contributed by atoms with van der Waals surface area (Å²) < 4.78 is 10.4. The van der Waals surface area contributed by atoms with Crippen LogP contribution in [0.3, 0.4) is 0 Å². The second kappa shape index (κ2) is 8.18. The Morgan fingerprint density at radius 3 is 1.25 bits per heavy atom. The van der Waals surface area contributed by atoms with Crippen LogP contribution < -0.4 is 9.47 Å². The maximum atomic E-state index is 5.22. The summed E-state index contributed by atoms with van der Waals surface area (Å²) in [4.78, 5) is 5.04. The number of methoxy groups -OCH3 is 2. The monoisotopic (exact) mass is 326 g/mol. The first-order valence-corrected chi connectivity index (χ1v) is 8.47. The number of benzene rings is 2. The van der Waals surface area contributed by atoms with Gasteiger partial charge in [-0.15, -0.1) is 0 Å². The third kappa shape index (κ3) is 4.49. The van der Waals surface area contributed by atoms with Crippen LogP contribution in [0.4, 0.5) is 0 Å². The molecule has 128 valence electrons. The Morgan fingerprint density at radius 1 is 0.625 bits per heavy atom. The van der Waals surface area contributed by atoms with Crippen LogP contribution in [0.1, 0.15) is 11.1 Å². The Balaban J connectivity index is 1.46. The zero-order valence-electron chi connectivity index (χ0n) is 14.6. The van der Waals surface area contributed by atoms with Gasteiger partial charge in [0.05, 0.1) is 14.2 Å². The molecule has 0 aromatic heterocycles. The first-order valence-electron chi connectivity index (χ1n) is 8.47. The van der Waals surface area contributed by atoms with E-state index in [1.54, 1.807) is 14.2 Å². The van der Waals surface area contributed by atoms with Gasteiger partial charge in [-0.25, -0.2) is 0 Å². The molecule has 4 nitrogen and oxygen atoms in total. The summed E-state index contributed by atoms with van der Waals surface area (Å²) in [5, 5.41) is 0. The Kier molecular flexibility index (Phi) is 5.72. The summed E-state index contributed by atoms with van der Waals surface area (Å²) in [6.45, 7) is 6.48. The van der Waals surface area contributed by atoms with Gasteiger partial charge < -0.3 is 9.47 Å². The van der Waals surface area contributed by atoms with E-state index in [0.717, 1.165) is 50.8 Å². The molecule has 0 aliphatic carbocycles. The topological polar surface area (TPSA) is 24.9 Å². The predicted molar refractivity (Wildman–Crippen MR) is 96.5 cm³/mol. The zero-order valence-corrected chi connectivity index (χ0v) is 14.6. The van der Waals surface area contributed by atoms with Crippen molar-refractivity contribution in [2.75, 3.05) is 40.4 Å². The molecule has 4 heteroatoms. The van der Waals surface area contributed by atoms with Crippen molar-refractivity contribution < 1.29 is 9.47 Å². The van der Waals surface area contributed by atoms with Gasteiger partial charge in [0.25, 0.3) is 0 Å². The molecule has 0 saturated carbocycles. The molecular weight excluding hydrogens is 300 g/mol. The molecule has 0 spiro atoms. The van der Waals surface area contributed by atoms with Crippen LogP contribution in [0.5, 0.6) is 11.5 Å². The summed E-state index contributed by atoms with van der Waals surface area (Å²) in [6, 6.07) is 16.8. The average Bonchev–Trinajstić information content (AvgIpc) is 2.65. The first-order chi connectivity index (χ1) is 11.8.